The minimum absolute atomic E-state index is 0.658. The summed E-state index contributed by atoms with van der Waals surface area (Å²) in [5, 5.41) is 4.53. The molecule has 0 unspecified atom stereocenters. The number of benzene rings is 7. The first-order valence-electron chi connectivity index (χ1n) is 18.1. The SMILES string of the molecule is C1=C(c2ccccc2)CCC(c2nc(-c3ccc(-c4ccccc4)cc3)nc(-c3ccc4ccc(-c5cccc6oc7ccccc7c56)cc4c3)n2)=C1. The molecule has 0 atom stereocenters. The summed E-state index contributed by atoms with van der Waals surface area (Å²) in [6.07, 6.45) is 6.18. The highest BCUT2D eigenvalue weighted by atomic mass is 16.3. The molecule has 250 valence electrons. The average molecular weight is 680 g/mol. The predicted octanol–water partition coefficient (Wildman–Crippen LogP) is 12.9. The Labute approximate surface area is 307 Å². The van der Waals surface area contributed by atoms with Gasteiger partial charge in [-0.1, -0.05) is 152 Å². The maximum absolute atomic E-state index is 6.21. The Bertz CT molecular complexity index is 2870. The molecule has 4 nitrogen and oxygen atoms in total. The van der Waals surface area contributed by atoms with Crippen molar-refractivity contribution in [3.8, 4) is 45.0 Å². The highest BCUT2D eigenvalue weighted by molar-refractivity contribution is 6.13. The molecule has 2 aromatic heterocycles. The molecule has 0 N–H and O–H groups in total. The van der Waals surface area contributed by atoms with Gasteiger partial charge in [0.2, 0.25) is 0 Å². The fourth-order valence-corrected chi connectivity index (χ4v) is 7.50. The van der Waals surface area contributed by atoms with Crippen LogP contribution in [0.3, 0.4) is 0 Å². The number of fused-ring (bicyclic) bond motifs is 4. The van der Waals surface area contributed by atoms with E-state index in [1.165, 1.54) is 16.7 Å². The predicted molar refractivity (Wildman–Crippen MR) is 218 cm³/mol. The van der Waals surface area contributed by atoms with Crippen LogP contribution in [0.4, 0.5) is 0 Å². The number of rotatable bonds is 6. The van der Waals surface area contributed by atoms with E-state index in [-0.39, 0.29) is 0 Å². The Morgan fingerprint density at radius 2 is 0.943 bits per heavy atom. The Kier molecular flexibility index (Phi) is 7.58. The van der Waals surface area contributed by atoms with Crippen LogP contribution in [-0.2, 0) is 0 Å². The van der Waals surface area contributed by atoms with E-state index in [2.05, 4.69) is 152 Å². The molecule has 0 spiro atoms. The van der Waals surface area contributed by atoms with E-state index in [9.17, 15) is 0 Å². The first kappa shape index (κ1) is 30.9. The van der Waals surface area contributed by atoms with Crippen LogP contribution in [0, 0.1) is 0 Å². The molecule has 0 saturated carbocycles. The van der Waals surface area contributed by atoms with E-state index in [1.54, 1.807) is 0 Å². The van der Waals surface area contributed by atoms with Crippen molar-refractivity contribution >= 4 is 43.9 Å². The monoisotopic (exact) mass is 679 g/mol. The van der Waals surface area contributed by atoms with Gasteiger partial charge in [-0.3, -0.25) is 0 Å². The Morgan fingerprint density at radius 1 is 0.377 bits per heavy atom. The number of furan rings is 1. The van der Waals surface area contributed by atoms with E-state index in [4.69, 9.17) is 19.4 Å². The van der Waals surface area contributed by atoms with Crippen LogP contribution in [0.25, 0.3) is 88.9 Å². The summed E-state index contributed by atoms with van der Waals surface area (Å²) in [7, 11) is 0. The van der Waals surface area contributed by atoms with Gasteiger partial charge in [0, 0.05) is 21.9 Å². The minimum Gasteiger partial charge on any atom is -0.456 e. The number of nitrogens with zero attached hydrogens (tertiary/aromatic N) is 3. The molecule has 7 aromatic carbocycles. The first-order chi connectivity index (χ1) is 26.2. The van der Waals surface area contributed by atoms with Gasteiger partial charge in [-0.05, 0) is 86.8 Å². The van der Waals surface area contributed by atoms with Crippen LogP contribution >= 0.6 is 0 Å². The second-order valence-electron chi connectivity index (χ2n) is 13.6. The molecule has 1 aliphatic carbocycles. The number of allylic oxidation sites excluding steroid dienone is 4. The third-order valence-electron chi connectivity index (χ3n) is 10.3. The van der Waals surface area contributed by atoms with Gasteiger partial charge in [0.25, 0.3) is 0 Å². The molecule has 2 heterocycles. The van der Waals surface area contributed by atoms with Gasteiger partial charge < -0.3 is 4.42 Å². The topological polar surface area (TPSA) is 51.8 Å². The van der Waals surface area contributed by atoms with Crippen LogP contribution < -0.4 is 0 Å². The summed E-state index contributed by atoms with van der Waals surface area (Å²) in [5.74, 6) is 2.04. The number of hydrogen-bond donors (Lipinski definition) is 0. The molecule has 0 radical (unpaired) electrons. The largest absolute Gasteiger partial charge is 0.456 e. The molecule has 9 aromatic rings. The van der Waals surface area contributed by atoms with Gasteiger partial charge in [0.1, 0.15) is 11.2 Å². The number of aromatic nitrogens is 3. The third kappa shape index (κ3) is 5.81. The molecular weight excluding hydrogens is 647 g/mol. The molecule has 0 aliphatic heterocycles. The average Bonchev–Trinajstić information content (AvgIpc) is 3.63. The quantitative estimate of drug-likeness (QED) is 0.175. The lowest BCUT2D eigenvalue weighted by atomic mass is 9.93. The van der Waals surface area contributed by atoms with Crippen LogP contribution in [0.15, 0.2) is 180 Å². The summed E-state index contributed by atoms with van der Waals surface area (Å²) in [6, 6.07) is 57.2. The molecule has 1 aliphatic rings. The lowest BCUT2D eigenvalue weighted by Gasteiger charge is -2.16. The molecule has 4 heteroatoms. The van der Waals surface area contributed by atoms with Gasteiger partial charge in [0.15, 0.2) is 17.5 Å². The van der Waals surface area contributed by atoms with E-state index < -0.39 is 0 Å². The van der Waals surface area contributed by atoms with Crippen molar-refractivity contribution in [1.82, 2.24) is 15.0 Å². The van der Waals surface area contributed by atoms with Crippen LogP contribution in [-0.4, -0.2) is 15.0 Å². The van der Waals surface area contributed by atoms with Crippen molar-refractivity contribution in [3.63, 3.8) is 0 Å². The van der Waals surface area contributed by atoms with Gasteiger partial charge in [-0.2, -0.15) is 0 Å². The maximum atomic E-state index is 6.21. The highest BCUT2D eigenvalue weighted by Gasteiger charge is 2.18. The minimum atomic E-state index is 0.658. The molecule has 0 amide bonds. The smallest absolute Gasteiger partial charge is 0.164 e. The van der Waals surface area contributed by atoms with Crippen molar-refractivity contribution in [3.05, 3.63) is 187 Å². The molecule has 53 heavy (non-hydrogen) atoms. The zero-order chi connectivity index (χ0) is 35.1. The molecule has 0 saturated heterocycles. The van der Waals surface area contributed by atoms with Crippen LogP contribution in [0.5, 0.6) is 0 Å². The second kappa shape index (κ2) is 13.0. The van der Waals surface area contributed by atoms with E-state index in [0.29, 0.717) is 17.5 Å². The fourth-order valence-electron chi connectivity index (χ4n) is 7.50. The highest BCUT2D eigenvalue weighted by Crippen LogP contribution is 2.38. The van der Waals surface area contributed by atoms with Gasteiger partial charge >= 0.3 is 0 Å². The summed E-state index contributed by atoms with van der Waals surface area (Å²) in [5.41, 5.74) is 12.0. The zero-order valence-corrected chi connectivity index (χ0v) is 28.9. The van der Waals surface area contributed by atoms with E-state index in [0.717, 1.165) is 78.9 Å². The Balaban J connectivity index is 1.08. The fraction of sp³-hybridized carbons (Fsp3) is 0.0408. The van der Waals surface area contributed by atoms with Gasteiger partial charge in [-0.15, -0.1) is 0 Å². The van der Waals surface area contributed by atoms with Crippen LogP contribution in [0.2, 0.25) is 0 Å². The second-order valence-corrected chi connectivity index (χ2v) is 13.6. The van der Waals surface area contributed by atoms with Crippen molar-refractivity contribution in [1.29, 1.82) is 0 Å². The Morgan fingerprint density at radius 3 is 1.72 bits per heavy atom. The van der Waals surface area contributed by atoms with E-state index in [1.807, 2.05) is 24.3 Å². The van der Waals surface area contributed by atoms with Gasteiger partial charge in [-0.25, -0.2) is 15.0 Å². The van der Waals surface area contributed by atoms with Crippen LogP contribution in [0.1, 0.15) is 24.2 Å². The van der Waals surface area contributed by atoms with Crippen molar-refractivity contribution in [2.24, 2.45) is 0 Å². The summed E-state index contributed by atoms with van der Waals surface area (Å²) >= 11 is 0. The third-order valence-corrected chi connectivity index (χ3v) is 10.3. The molecule has 0 fully saturated rings. The summed E-state index contributed by atoms with van der Waals surface area (Å²) < 4.78 is 6.21. The first-order valence-corrected chi connectivity index (χ1v) is 18.1. The summed E-state index contributed by atoms with van der Waals surface area (Å²) in [4.78, 5) is 15.3. The van der Waals surface area contributed by atoms with Crippen molar-refractivity contribution < 1.29 is 4.42 Å². The maximum Gasteiger partial charge on any atom is 0.164 e. The molecular formula is C49H33N3O. The molecule has 10 rings (SSSR count). The standard InChI is InChI=1S/C49H33N3O/c1-3-10-32(11-4-1)34-18-24-37(25-19-34)47-50-48(38-26-20-35(21-27-38)33-12-5-2-6-13-33)52-49(51-47)40-29-23-36-22-28-39(30-41(36)31-40)42-15-9-17-45-46(42)43-14-7-8-16-44(43)53-45/h1-20,22-26,28-31H,21,27H2. The van der Waals surface area contributed by atoms with Crippen molar-refractivity contribution in [2.75, 3.05) is 0 Å². The normalized spacial score (nSPS) is 13.0. The number of hydrogen-bond acceptors (Lipinski definition) is 4. The lowest BCUT2D eigenvalue weighted by Crippen LogP contribution is -2.04. The summed E-state index contributed by atoms with van der Waals surface area (Å²) in [6.45, 7) is 0. The van der Waals surface area contributed by atoms with Gasteiger partial charge in [0.05, 0.1) is 0 Å². The Hall–Kier alpha value is -6.91. The lowest BCUT2D eigenvalue weighted by molar-refractivity contribution is 0.669. The molecule has 0 bridgehead atoms. The van der Waals surface area contributed by atoms with E-state index >= 15 is 0 Å². The van der Waals surface area contributed by atoms with Crippen molar-refractivity contribution in [2.45, 2.75) is 12.8 Å². The zero-order valence-electron chi connectivity index (χ0n) is 28.9. The number of para-hydroxylation sites is 1.